The molecule has 1 aliphatic rings. The van der Waals surface area contributed by atoms with Gasteiger partial charge in [0.1, 0.15) is 11.3 Å². The third-order valence-corrected chi connectivity index (χ3v) is 3.93. The summed E-state index contributed by atoms with van der Waals surface area (Å²) in [5.74, 6) is -0.876. The van der Waals surface area contributed by atoms with Crippen LogP contribution in [-0.4, -0.2) is 29.1 Å². The SMILES string of the molecule is O=C(COc1ccc(Cl)cc1)NC1(C(=O)O)CCCCC1. The molecule has 1 amide bonds. The molecule has 0 saturated heterocycles. The highest BCUT2D eigenvalue weighted by atomic mass is 35.5. The second-order valence-corrected chi connectivity index (χ2v) is 5.68. The number of carbonyl (C=O) groups excluding carboxylic acids is 1. The number of ether oxygens (including phenoxy) is 1. The van der Waals surface area contributed by atoms with E-state index in [1.54, 1.807) is 24.3 Å². The summed E-state index contributed by atoms with van der Waals surface area (Å²) < 4.78 is 5.33. The molecular formula is C15H18ClNO4. The van der Waals surface area contributed by atoms with Gasteiger partial charge in [0.2, 0.25) is 0 Å². The molecule has 1 fully saturated rings. The van der Waals surface area contributed by atoms with E-state index in [-0.39, 0.29) is 6.61 Å². The molecule has 0 heterocycles. The van der Waals surface area contributed by atoms with Crippen LogP contribution in [0.25, 0.3) is 0 Å². The van der Waals surface area contributed by atoms with Gasteiger partial charge >= 0.3 is 5.97 Å². The molecule has 6 heteroatoms. The standard InChI is InChI=1S/C15H18ClNO4/c16-11-4-6-12(7-5-11)21-10-13(18)17-15(14(19)20)8-2-1-3-9-15/h4-7H,1-3,8-10H2,(H,17,18)(H,19,20). The van der Waals surface area contributed by atoms with Crippen molar-refractivity contribution in [2.24, 2.45) is 0 Å². The Morgan fingerprint density at radius 3 is 2.38 bits per heavy atom. The maximum absolute atomic E-state index is 11.9. The lowest BCUT2D eigenvalue weighted by molar-refractivity contribution is -0.149. The second-order valence-electron chi connectivity index (χ2n) is 5.24. The van der Waals surface area contributed by atoms with Crippen LogP contribution >= 0.6 is 11.6 Å². The Morgan fingerprint density at radius 1 is 1.19 bits per heavy atom. The summed E-state index contributed by atoms with van der Waals surface area (Å²) in [6.07, 6.45) is 3.56. The third-order valence-electron chi connectivity index (χ3n) is 3.68. The van der Waals surface area contributed by atoms with E-state index in [4.69, 9.17) is 16.3 Å². The summed E-state index contributed by atoms with van der Waals surface area (Å²) >= 11 is 5.76. The topological polar surface area (TPSA) is 75.6 Å². The summed E-state index contributed by atoms with van der Waals surface area (Å²) in [6.45, 7) is -0.212. The number of carbonyl (C=O) groups is 2. The van der Waals surface area contributed by atoms with E-state index >= 15 is 0 Å². The highest BCUT2D eigenvalue weighted by Gasteiger charge is 2.40. The first-order valence-electron chi connectivity index (χ1n) is 6.95. The molecule has 0 atom stereocenters. The number of amides is 1. The van der Waals surface area contributed by atoms with Crippen molar-refractivity contribution in [2.45, 2.75) is 37.6 Å². The zero-order valence-corrected chi connectivity index (χ0v) is 12.4. The number of halogens is 1. The van der Waals surface area contributed by atoms with Crippen LogP contribution in [0.1, 0.15) is 32.1 Å². The van der Waals surface area contributed by atoms with E-state index in [2.05, 4.69) is 5.32 Å². The molecule has 2 N–H and O–H groups in total. The van der Waals surface area contributed by atoms with E-state index in [1.165, 1.54) is 0 Å². The average Bonchev–Trinajstić information content (AvgIpc) is 2.47. The van der Waals surface area contributed by atoms with Gasteiger partial charge in [0.15, 0.2) is 6.61 Å². The van der Waals surface area contributed by atoms with Gasteiger partial charge in [0, 0.05) is 5.02 Å². The second kappa shape index (κ2) is 6.80. The summed E-state index contributed by atoms with van der Waals surface area (Å²) in [6, 6.07) is 6.63. The number of benzene rings is 1. The predicted molar refractivity (Wildman–Crippen MR) is 78.5 cm³/mol. The quantitative estimate of drug-likeness (QED) is 0.876. The Kier molecular flexibility index (Phi) is 5.07. The molecule has 1 aliphatic carbocycles. The van der Waals surface area contributed by atoms with Gasteiger partial charge in [-0.1, -0.05) is 30.9 Å². The summed E-state index contributed by atoms with van der Waals surface area (Å²) in [4.78, 5) is 23.4. The normalized spacial score (nSPS) is 17.0. The van der Waals surface area contributed by atoms with E-state index in [0.29, 0.717) is 23.6 Å². The smallest absolute Gasteiger partial charge is 0.329 e. The van der Waals surface area contributed by atoms with E-state index in [0.717, 1.165) is 19.3 Å². The van der Waals surface area contributed by atoms with Crippen molar-refractivity contribution in [3.8, 4) is 5.75 Å². The van der Waals surface area contributed by atoms with Gasteiger partial charge in [-0.2, -0.15) is 0 Å². The van der Waals surface area contributed by atoms with Crippen LogP contribution in [0.15, 0.2) is 24.3 Å². The Hall–Kier alpha value is -1.75. The highest BCUT2D eigenvalue weighted by molar-refractivity contribution is 6.30. The van der Waals surface area contributed by atoms with Crippen molar-refractivity contribution in [3.05, 3.63) is 29.3 Å². The minimum atomic E-state index is -1.14. The average molecular weight is 312 g/mol. The van der Waals surface area contributed by atoms with Crippen molar-refractivity contribution in [2.75, 3.05) is 6.61 Å². The minimum absolute atomic E-state index is 0.212. The number of rotatable bonds is 5. The van der Waals surface area contributed by atoms with E-state index < -0.39 is 17.4 Å². The van der Waals surface area contributed by atoms with Gasteiger partial charge in [-0.25, -0.2) is 4.79 Å². The van der Waals surface area contributed by atoms with Crippen molar-refractivity contribution in [1.82, 2.24) is 5.32 Å². The number of hydrogen-bond donors (Lipinski definition) is 2. The van der Waals surface area contributed by atoms with E-state index in [1.807, 2.05) is 0 Å². The largest absolute Gasteiger partial charge is 0.484 e. The zero-order valence-electron chi connectivity index (χ0n) is 11.6. The predicted octanol–water partition coefficient (Wildman–Crippen LogP) is 2.62. The highest BCUT2D eigenvalue weighted by Crippen LogP contribution is 2.28. The summed E-state index contributed by atoms with van der Waals surface area (Å²) in [5.41, 5.74) is -1.14. The molecule has 1 saturated carbocycles. The molecule has 1 aromatic carbocycles. The third kappa shape index (κ3) is 4.11. The number of hydrogen-bond acceptors (Lipinski definition) is 3. The molecule has 0 unspecified atom stereocenters. The van der Waals surface area contributed by atoms with Crippen LogP contribution in [0.3, 0.4) is 0 Å². The van der Waals surface area contributed by atoms with Crippen molar-refractivity contribution in [3.63, 3.8) is 0 Å². The summed E-state index contributed by atoms with van der Waals surface area (Å²) in [7, 11) is 0. The van der Waals surface area contributed by atoms with Crippen LogP contribution < -0.4 is 10.1 Å². The van der Waals surface area contributed by atoms with E-state index in [9.17, 15) is 14.7 Å². The molecule has 5 nitrogen and oxygen atoms in total. The van der Waals surface area contributed by atoms with Crippen molar-refractivity contribution < 1.29 is 19.4 Å². The molecule has 0 radical (unpaired) electrons. The fourth-order valence-corrected chi connectivity index (χ4v) is 2.66. The van der Waals surface area contributed by atoms with Crippen LogP contribution in [0.5, 0.6) is 5.75 Å². The fraction of sp³-hybridized carbons (Fsp3) is 0.467. The lowest BCUT2D eigenvalue weighted by atomic mass is 9.81. The van der Waals surface area contributed by atoms with Gasteiger partial charge < -0.3 is 15.2 Å². The van der Waals surface area contributed by atoms with Gasteiger partial charge in [-0.05, 0) is 37.1 Å². The number of nitrogens with one attached hydrogen (secondary N) is 1. The van der Waals surface area contributed by atoms with Gasteiger partial charge in [-0.15, -0.1) is 0 Å². The number of carboxylic acids is 1. The molecule has 0 bridgehead atoms. The van der Waals surface area contributed by atoms with Crippen LogP contribution in [-0.2, 0) is 9.59 Å². The van der Waals surface area contributed by atoms with Gasteiger partial charge in [0.25, 0.3) is 5.91 Å². The Labute approximate surface area is 128 Å². The molecule has 0 aliphatic heterocycles. The van der Waals surface area contributed by atoms with Gasteiger partial charge in [0.05, 0.1) is 0 Å². The summed E-state index contributed by atoms with van der Waals surface area (Å²) in [5, 5.41) is 12.6. The molecule has 0 spiro atoms. The molecule has 2 rings (SSSR count). The minimum Gasteiger partial charge on any atom is -0.484 e. The Morgan fingerprint density at radius 2 is 1.81 bits per heavy atom. The Bertz CT molecular complexity index is 509. The zero-order chi connectivity index (χ0) is 15.3. The van der Waals surface area contributed by atoms with Crippen LogP contribution in [0.4, 0.5) is 0 Å². The van der Waals surface area contributed by atoms with Crippen molar-refractivity contribution >= 4 is 23.5 Å². The molecular weight excluding hydrogens is 294 g/mol. The molecule has 114 valence electrons. The maximum atomic E-state index is 11.9. The lowest BCUT2D eigenvalue weighted by Crippen LogP contribution is -2.56. The van der Waals surface area contributed by atoms with Gasteiger partial charge in [-0.3, -0.25) is 4.79 Å². The maximum Gasteiger partial charge on any atom is 0.329 e. The first-order chi connectivity index (χ1) is 10.0. The number of aliphatic carboxylic acids is 1. The molecule has 0 aromatic heterocycles. The Balaban J connectivity index is 1.90. The first-order valence-corrected chi connectivity index (χ1v) is 7.32. The van der Waals surface area contributed by atoms with Crippen molar-refractivity contribution in [1.29, 1.82) is 0 Å². The molecule has 21 heavy (non-hydrogen) atoms. The molecule has 1 aromatic rings. The first kappa shape index (κ1) is 15.6. The fourth-order valence-electron chi connectivity index (χ4n) is 2.53. The van der Waals surface area contributed by atoms with Crippen LogP contribution in [0.2, 0.25) is 5.02 Å². The monoisotopic (exact) mass is 311 g/mol. The number of carboxylic acid groups (broad SMARTS) is 1. The lowest BCUT2D eigenvalue weighted by Gasteiger charge is -2.33. The van der Waals surface area contributed by atoms with Crippen LogP contribution in [0, 0.1) is 0 Å².